The first-order chi connectivity index (χ1) is 4.93. The van der Waals surface area contributed by atoms with E-state index < -0.39 is 16.3 Å². The van der Waals surface area contributed by atoms with Crippen molar-refractivity contribution >= 4 is 16.3 Å². The first kappa shape index (κ1) is 9.43. The van der Waals surface area contributed by atoms with Gasteiger partial charge in [0, 0.05) is 0 Å². The van der Waals surface area contributed by atoms with Gasteiger partial charge in [-0.15, -0.1) is 0 Å². The molecule has 0 bridgehead atoms. The van der Waals surface area contributed by atoms with Gasteiger partial charge < -0.3 is 0 Å². The molecule has 0 amide bonds. The van der Waals surface area contributed by atoms with Crippen LogP contribution in [0.5, 0.6) is 0 Å². The molecule has 1 rings (SSSR count). The summed E-state index contributed by atoms with van der Waals surface area (Å²) in [7, 11) is 0. The summed E-state index contributed by atoms with van der Waals surface area (Å²) in [6.45, 7) is 3.37. The van der Waals surface area contributed by atoms with Crippen molar-refractivity contribution in [2.45, 2.75) is 6.92 Å². The minimum atomic E-state index is -0.934. The van der Waals surface area contributed by atoms with Gasteiger partial charge >= 0.3 is 75.5 Å². The number of hydrogen-bond acceptors (Lipinski definition) is 3. The monoisotopic (exact) mass is 373 g/mol. The summed E-state index contributed by atoms with van der Waals surface area (Å²) in [5.74, 6) is 0. The summed E-state index contributed by atoms with van der Waals surface area (Å²) in [6.07, 6.45) is 0. The van der Waals surface area contributed by atoms with E-state index in [-0.39, 0.29) is 0 Å². The van der Waals surface area contributed by atoms with E-state index in [4.69, 9.17) is 12.8 Å². The molecule has 1 aliphatic heterocycles. The van der Waals surface area contributed by atoms with Crippen molar-refractivity contribution in [1.82, 2.24) is 0 Å². The van der Waals surface area contributed by atoms with Gasteiger partial charge in [0.05, 0.1) is 0 Å². The Morgan fingerprint density at radius 3 is 3.20 bits per heavy atom. The molecule has 0 saturated carbocycles. The molecule has 0 aromatic rings. The van der Waals surface area contributed by atoms with Crippen LogP contribution in [0, 0.1) is 0 Å². The van der Waals surface area contributed by atoms with Gasteiger partial charge in [-0.05, 0) is 0 Å². The minimum absolute atomic E-state index is 0.333. The van der Waals surface area contributed by atoms with Crippen molar-refractivity contribution in [3.63, 3.8) is 0 Å². The Labute approximate surface area is 74.9 Å². The van der Waals surface area contributed by atoms with Crippen molar-refractivity contribution in [3.05, 3.63) is 0 Å². The van der Waals surface area contributed by atoms with Gasteiger partial charge in [0.1, 0.15) is 0 Å². The Morgan fingerprint density at radius 2 is 2.40 bits per heavy atom. The summed E-state index contributed by atoms with van der Waals surface area (Å²) in [5, 5.41) is 0. The third-order valence-electron chi connectivity index (χ3n) is 0.849. The van der Waals surface area contributed by atoms with E-state index in [0.717, 1.165) is 6.61 Å². The molecule has 3 nitrogen and oxygen atoms in total. The van der Waals surface area contributed by atoms with Crippen LogP contribution in [0.4, 0.5) is 0 Å². The summed E-state index contributed by atoms with van der Waals surface area (Å²) in [5.41, 5.74) is 0. The normalized spacial score (nSPS) is 26.3. The van der Waals surface area contributed by atoms with Crippen LogP contribution < -0.4 is 17.2 Å². The van der Waals surface area contributed by atoms with Crippen LogP contribution in [0.2, 0.25) is 0 Å². The predicted octanol–water partition coefficient (Wildman–Crippen LogP) is -1.63. The fourth-order valence-electron chi connectivity index (χ4n) is 0.478. The molecule has 1 saturated heterocycles. The second-order valence-electron chi connectivity index (χ2n) is 1.49. The molecular formula is C5H11I2O3-. The molecule has 10 heavy (non-hydrogen) atoms. The summed E-state index contributed by atoms with van der Waals surface area (Å²) < 4.78 is 7.96. The number of alkyl halides is 2. The van der Waals surface area contributed by atoms with Gasteiger partial charge in [-0.25, -0.2) is 0 Å². The molecule has 1 fully saturated rings. The van der Waals surface area contributed by atoms with Crippen LogP contribution in [0.25, 0.3) is 0 Å². The third kappa shape index (κ3) is 3.65. The molecule has 0 aromatic heterocycles. The first-order valence-corrected chi connectivity index (χ1v) is 13.3. The number of halogens is 2. The Bertz CT molecular complexity index is 83.0. The van der Waals surface area contributed by atoms with Gasteiger partial charge in [-0.1, -0.05) is 0 Å². The molecule has 0 atom stereocenters. The van der Waals surface area contributed by atoms with E-state index in [1.54, 1.807) is 0 Å². The molecule has 0 radical (unpaired) electrons. The number of hydrogen-bond donors (Lipinski definition) is 0. The van der Waals surface area contributed by atoms with Gasteiger partial charge in [0.2, 0.25) is 0 Å². The molecule has 0 aliphatic carbocycles. The molecule has 0 spiro atoms. The van der Waals surface area contributed by atoms with Gasteiger partial charge in [-0.3, -0.25) is 0 Å². The third-order valence-corrected chi connectivity index (χ3v) is 17.0. The van der Waals surface area contributed by atoms with Crippen LogP contribution in [0.3, 0.4) is 0 Å². The quantitative estimate of drug-likeness (QED) is 0.314. The maximum atomic E-state index is 5.49. The fraction of sp³-hybridized carbons (Fsp3) is 1.00. The Hall–Kier alpha value is 1.34. The molecule has 1 aliphatic rings. The maximum absolute atomic E-state index is 5.49. The second-order valence-corrected chi connectivity index (χ2v) is 16.8. The summed E-state index contributed by atoms with van der Waals surface area (Å²) >= 11 is -0.601. The van der Waals surface area contributed by atoms with Crippen LogP contribution in [0.1, 0.15) is 6.92 Å². The zero-order chi connectivity index (χ0) is 7.23. The summed E-state index contributed by atoms with van der Waals surface area (Å²) in [6, 6.07) is 0. The zero-order valence-corrected chi connectivity index (χ0v) is 10.1. The topological polar surface area (TPSA) is 27.7 Å². The van der Waals surface area contributed by atoms with Crippen LogP contribution in [-0.2, 0) is 12.8 Å². The molecule has 5 heteroatoms. The van der Waals surface area contributed by atoms with E-state index in [0.29, 0.717) is 24.0 Å². The van der Waals surface area contributed by atoms with E-state index in [1.165, 1.54) is 8.86 Å². The van der Waals surface area contributed by atoms with E-state index in [2.05, 4.69) is 6.92 Å². The van der Waals surface area contributed by atoms with Crippen molar-refractivity contribution in [2.75, 3.05) is 22.3 Å². The predicted molar refractivity (Wildman–Crippen MR) is 42.4 cm³/mol. The van der Waals surface area contributed by atoms with Crippen molar-refractivity contribution in [3.8, 4) is 0 Å². The average Bonchev–Trinajstić information content (AvgIpc) is 1.87. The first-order valence-electron chi connectivity index (χ1n) is 3.07. The molecular weight excluding hydrogens is 362 g/mol. The second kappa shape index (κ2) is 5.92. The average molecular weight is 373 g/mol. The Balaban J connectivity index is 2.16. The van der Waals surface area contributed by atoms with Gasteiger partial charge in [0.15, 0.2) is 0 Å². The van der Waals surface area contributed by atoms with Crippen molar-refractivity contribution < 1.29 is 30.1 Å². The SMILES string of the molecule is CCI1OCOOCC[I-]1. The summed E-state index contributed by atoms with van der Waals surface area (Å²) in [4.78, 5) is 9.54. The van der Waals surface area contributed by atoms with E-state index in [9.17, 15) is 0 Å². The number of rotatable bonds is 1. The van der Waals surface area contributed by atoms with Crippen LogP contribution in [-0.4, -0.2) is 22.3 Å². The molecule has 64 valence electrons. The van der Waals surface area contributed by atoms with Gasteiger partial charge in [-0.2, -0.15) is 0 Å². The van der Waals surface area contributed by atoms with Crippen molar-refractivity contribution in [2.24, 2.45) is 0 Å². The Kier molecular flexibility index (Phi) is 5.58. The molecule has 0 N–H and O–H groups in total. The van der Waals surface area contributed by atoms with Crippen molar-refractivity contribution in [1.29, 1.82) is 0 Å². The van der Waals surface area contributed by atoms with Crippen LogP contribution in [0.15, 0.2) is 0 Å². The van der Waals surface area contributed by atoms with Crippen LogP contribution >= 0.6 is 16.3 Å². The standard InChI is InChI=1S/C5H11I2O3/c1-2-7-6-3-4-9-10-5-8-7/h2-5H2,1H3/q-1. The Morgan fingerprint density at radius 1 is 1.50 bits per heavy atom. The molecule has 0 aromatic carbocycles. The fourth-order valence-corrected chi connectivity index (χ4v) is 11.3. The van der Waals surface area contributed by atoms with E-state index in [1.807, 2.05) is 0 Å². The van der Waals surface area contributed by atoms with E-state index >= 15 is 0 Å². The zero-order valence-electron chi connectivity index (χ0n) is 5.81. The molecule has 1 heterocycles. The molecule has 0 unspecified atom stereocenters. The van der Waals surface area contributed by atoms with Gasteiger partial charge in [0.25, 0.3) is 0 Å².